The first-order valence-corrected chi connectivity index (χ1v) is 8.06. The van der Waals surface area contributed by atoms with Gasteiger partial charge in [-0.15, -0.1) is 0 Å². The molecule has 2 N–H and O–H groups in total. The van der Waals surface area contributed by atoms with Crippen LogP contribution < -0.4 is 20.1 Å². The van der Waals surface area contributed by atoms with Crippen LogP contribution in [0.1, 0.15) is 25.5 Å². The molecule has 2 amide bonds. The summed E-state index contributed by atoms with van der Waals surface area (Å²) in [5.74, 6) is 1.47. The first kappa shape index (κ1) is 16.2. The highest BCUT2D eigenvalue weighted by molar-refractivity contribution is 5.74. The summed E-state index contributed by atoms with van der Waals surface area (Å²) in [6.45, 7) is 5.61. The van der Waals surface area contributed by atoms with E-state index < -0.39 is 0 Å². The maximum Gasteiger partial charge on any atom is 0.315 e. The number of urea groups is 1. The molecule has 1 aromatic carbocycles. The number of hydrogen-bond donors (Lipinski definition) is 2. The normalized spacial score (nSPS) is 15.4. The Morgan fingerprint density at radius 2 is 2.04 bits per heavy atom. The van der Waals surface area contributed by atoms with Gasteiger partial charge in [0.15, 0.2) is 11.5 Å². The molecular formula is C17H22N4O3. The van der Waals surface area contributed by atoms with Crippen molar-refractivity contribution in [2.75, 3.05) is 13.2 Å². The van der Waals surface area contributed by atoms with Crippen LogP contribution in [0.5, 0.6) is 11.5 Å². The molecule has 1 aliphatic heterocycles. The zero-order valence-corrected chi connectivity index (χ0v) is 13.9. The monoisotopic (exact) mass is 330 g/mol. The summed E-state index contributed by atoms with van der Waals surface area (Å²) >= 11 is 0. The fourth-order valence-electron chi connectivity index (χ4n) is 2.61. The number of carbonyl (C=O) groups excluding carboxylic acids is 1. The number of nitrogens with one attached hydrogen (secondary N) is 2. The minimum Gasteiger partial charge on any atom is -0.486 e. The number of aromatic nitrogens is 2. The van der Waals surface area contributed by atoms with E-state index in [1.54, 1.807) is 10.9 Å². The van der Waals surface area contributed by atoms with Crippen molar-refractivity contribution in [2.45, 2.75) is 32.5 Å². The SMILES string of the molecule is C[C@H](NC(=O)N[C@@H](C)Cn1cccn1)c1ccc2c(c1)OCCO2. The highest BCUT2D eigenvalue weighted by Gasteiger charge is 2.16. The van der Waals surface area contributed by atoms with E-state index in [0.29, 0.717) is 19.8 Å². The summed E-state index contributed by atoms with van der Waals surface area (Å²) < 4.78 is 12.9. The topological polar surface area (TPSA) is 77.4 Å². The van der Waals surface area contributed by atoms with Crippen molar-refractivity contribution in [1.29, 1.82) is 0 Å². The Bertz CT molecular complexity index is 687. The lowest BCUT2D eigenvalue weighted by molar-refractivity contribution is 0.171. The maximum absolute atomic E-state index is 12.1. The van der Waals surface area contributed by atoms with Gasteiger partial charge >= 0.3 is 6.03 Å². The van der Waals surface area contributed by atoms with E-state index in [-0.39, 0.29) is 18.1 Å². The number of amides is 2. The Morgan fingerprint density at radius 1 is 1.25 bits per heavy atom. The molecule has 128 valence electrons. The maximum atomic E-state index is 12.1. The van der Waals surface area contributed by atoms with Gasteiger partial charge in [0.05, 0.1) is 12.6 Å². The molecule has 0 saturated heterocycles. The molecule has 0 fully saturated rings. The number of carbonyl (C=O) groups is 1. The average molecular weight is 330 g/mol. The second kappa shape index (κ2) is 7.25. The predicted molar refractivity (Wildman–Crippen MR) is 89.2 cm³/mol. The Balaban J connectivity index is 1.54. The van der Waals surface area contributed by atoms with Crippen molar-refractivity contribution in [3.05, 3.63) is 42.2 Å². The average Bonchev–Trinajstić information content (AvgIpc) is 3.06. The van der Waals surface area contributed by atoms with Crippen molar-refractivity contribution >= 4 is 6.03 Å². The van der Waals surface area contributed by atoms with Gasteiger partial charge in [0, 0.05) is 18.4 Å². The Hall–Kier alpha value is -2.70. The lowest BCUT2D eigenvalue weighted by atomic mass is 10.1. The van der Waals surface area contributed by atoms with Gasteiger partial charge in [-0.05, 0) is 37.6 Å². The lowest BCUT2D eigenvalue weighted by Crippen LogP contribution is -2.43. The molecule has 0 radical (unpaired) electrons. The summed E-state index contributed by atoms with van der Waals surface area (Å²) in [6.07, 6.45) is 3.59. The van der Waals surface area contributed by atoms with Crippen LogP contribution in [-0.2, 0) is 6.54 Å². The molecule has 3 rings (SSSR count). The second-order valence-electron chi connectivity index (χ2n) is 5.87. The smallest absolute Gasteiger partial charge is 0.315 e. The van der Waals surface area contributed by atoms with E-state index in [1.165, 1.54) is 0 Å². The third kappa shape index (κ3) is 3.98. The molecule has 0 saturated carbocycles. The van der Waals surface area contributed by atoms with Gasteiger partial charge in [0.2, 0.25) is 0 Å². The van der Waals surface area contributed by atoms with E-state index in [4.69, 9.17) is 9.47 Å². The molecular weight excluding hydrogens is 308 g/mol. The van der Waals surface area contributed by atoms with Gasteiger partial charge in [-0.3, -0.25) is 4.68 Å². The van der Waals surface area contributed by atoms with Crippen molar-refractivity contribution < 1.29 is 14.3 Å². The van der Waals surface area contributed by atoms with E-state index in [0.717, 1.165) is 17.1 Å². The molecule has 0 unspecified atom stereocenters. The lowest BCUT2D eigenvalue weighted by Gasteiger charge is -2.22. The zero-order valence-electron chi connectivity index (χ0n) is 13.9. The first-order valence-electron chi connectivity index (χ1n) is 8.06. The Kier molecular flexibility index (Phi) is 4.88. The standard InChI is InChI=1S/C17H22N4O3/c1-12(11-21-7-3-6-18-21)19-17(22)20-13(2)14-4-5-15-16(10-14)24-9-8-23-15/h3-7,10,12-13H,8-9,11H2,1-2H3,(H2,19,20,22)/t12-,13-/m0/s1. The molecule has 0 spiro atoms. The molecule has 2 aromatic rings. The second-order valence-corrected chi connectivity index (χ2v) is 5.87. The molecule has 0 bridgehead atoms. The highest BCUT2D eigenvalue weighted by Crippen LogP contribution is 2.32. The number of ether oxygens (including phenoxy) is 2. The fraction of sp³-hybridized carbons (Fsp3) is 0.412. The van der Waals surface area contributed by atoms with Crippen LogP contribution in [0, 0.1) is 0 Å². The minimum absolute atomic E-state index is 0.0302. The van der Waals surface area contributed by atoms with Crippen LogP contribution in [0.15, 0.2) is 36.7 Å². The number of nitrogens with zero attached hydrogens (tertiary/aromatic N) is 2. The molecule has 1 aromatic heterocycles. The first-order chi connectivity index (χ1) is 11.6. The van der Waals surface area contributed by atoms with Crippen LogP contribution in [0.3, 0.4) is 0 Å². The fourth-order valence-corrected chi connectivity index (χ4v) is 2.61. The van der Waals surface area contributed by atoms with Crippen LogP contribution in [0.2, 0.25) is 0 Å². The van der Waals surface area contributed by atoms with Crippen LogP contribution in [0.4, 0.5) is 4.79 Å². The molecule has 7 heteroatoms. The largest absolute Gasteiger partial charge is 0.486 e. The summed E-state index contributed by atoms with van der Waals surface area (Å²) in [6, 6.07) is 7.20. The van der Waals surface area contributed by atoms with Crippen molar-refractivity contribution in [2.24, 2.45) is 0 Å². The Morgan fingerprint density at radius 3 is 2.79 bits per heavy atom. The van der Waals surface area contributed by atoms with Crippen LogP contribution in [-0.4, -0.2) is 35.1 Å². The van der Waals surface area contributed by atoms with Gasteiger partial charge < -0.3 is 20.1 Å². The summed E-state index contributed by atoms with van der Waals surface area (Å²) in [5.41, 5.74) is 0.967. The molecule has 1 aliphatic rings. The number of fused-ring (bicyclic) bond motifs is 1. The van der Waals surface area contributed by atoms with Gasteiger partial charge in [0.25, 0.3) is 0 Å². The molecule has 2 heterocycles. The zero-order chi connectivity index (χ0) is 16.9. The van der Waals surface area contributed by atoms with Gasteiger partial charge in [0.1, 0.15) is 13.2 Å². The van der Waals surface area contributed by atoms with Crippen molar-refractivity contribution in [1.82, 2.24) is 20.4 Å². The highest BCUT2D eigenvalue weighted by atomic mass is 16.6. The van der Waals surface area contributed by atoms with Gasteiger partial charge in [-0.2, -0.15) is 5.10 Å². The number of rotatable bonds is 5. The molecule has 24 heavy (non-hydrogen) atoms. The van der Waals surface area contributed by atoms with E-state index in [1.807, 2.05) is 44.3 Å². The van der Waals surface area contributed by atoms with Crippen molar-refractivity contribution in [3.8, 4) is 11.5 Å². The molecule has 2 atom stereocenters. The van der Waals surface area contributed by atoms with Gasteiger partial charge in [-0.1, -0.05) is 6.07 Å². The van der Waals surface area contributed by atoms with Crippen LogP contribution in [0.25, 0.3) is 0 Å². The van der Waals surface area contributed by atoms with Gasteiger partial charge in [-0.25, -0.2) is 4.79 Å². The number of hydrogen-bond acceptors (Lipinski definition) is 4. The third-order valence-electron chi connectivity index (χ3n) is 3.81. The van der Waals surface area contributed by atoms with E-state index >= 15 is 0 Å². The van der Waals surface area contributed by atoms with E-state index in [9.17, 15) is 4.79 Å². The minimum atomic E-state index is -0.211. The predicted octanol–water partition coefficient (Wildman–Crippen LogP) is 2.10. The molecule has 7 nitrogen and oxygen atoms in total. The quantitative estimate of drug-likeness (QED) is 0.880. The van der Waals surface area contributed by atoms with Crippen LogP contribution >= 0.6 is 0 Å². The molecule has 0 aliphatic carbocycles. The van der Waals surface area contributed by atoms with E-state index in [2.05, 4.69) is 15.7 Å². The summed E-state index contributed by atoms with van der Waals surface area (Å²) in [5, 5.41) is 9.98. The Labute approximate surface area is 140 Å². The summed E-state index contributed by atoms with van der Waals surface area (Å²) in [4.78, 5) is 12.1. The third-order valence-corrected chi connectivity index (χ3v) is 3.81. The summed E-state index contributed by atoms with van der Waals surface area (Å²) in [7, 11) is 0. The number of benzene rings is 1. The van der Waals surface area contributed by atoms with Crippen molar-refractivity contribution in [3.63, 3.8) is 0 Å².